The third-order valence-electron chi connectivity index (χ3n) is 4.24. The highest BCUT2D eigenvalue weighted by Gasteiger charge is 2.21. The zero-order chi connectivity index (χ0) is 19.7. The first-order chi connectivity index (χ1) is 12.8. The number of aromatic hydroxyl groups is 2. The van der Waals surface area contributed by atoms with Gasteiger partial charge in [0.2, 0.25) is 0 Å². The van der Waals surface area contributed by atoms with Crippen molar-refractivity contribution in [2.75, 3.05) is 0 Å². The minimum absolute atomic E-state index is 0.0816. The Bertz CT molecular complexity index is 869. The maximum atomic E-state index is 12.8. The molecule has 0 amide bonds. The van der Waals surface area contributed by atoms with Crippen molar-refractivity contribution in [3.05, 3.63) is 66.6 Å². The molecular formula is C20H14Cl4O3. The zero-order valence-electron chi connectivity index (χ0n) is 13.9. The van der Waals surface area contributed by atoms with Crippen LogP contribution in [0.5, 0.6) is 11.5 Å². The Kier molecular flexibility index (Phi) is 6.07. The van der Waals surface area contributed by atoms with Crippen LogP contribution in [0.1, 0.15) is 30.4 Å². The second-order valence-corrected chi connectivity index (χ2v) is 7.82. The van der Waals surface area contributed by atoms with E-state index in [4.69, 9.17) is 46.4 Å². The Morgan fingerprint density at radius 1 is 0.704 bits per heavy atom. The summed E-state index contributed by atoms with van der Waals surface area (Å²) >= 11 is 23.8. The van der Waals surface area contributed by atoms with Crippen LogP contribution < -0.4 is 0 Å². The van der Waals surface area contributed by atoms with E-state index in [9.17, 15) is 15.0 Å². The summed E-state index contributed by atoms with van der Waals surface area (Å²) in [4.78, 5) is 12.8. The minimum atomic E-state index is -0.183. The number of hydrogen-bond acceptors (Lipinski definition) is 3. The van der Waals surface area contributed by atoms with Gasteiger partial charge in [-0.15, -0.1) is 0 Å². The summed E-state index contributed by atoms with van der Waals surface area (Å²) in [6.45, 7) is 0. The molecule has 0 radical (unpaired) electrons. The summed E-state index contributed by atoms with van der Waals surface area (Å²) in [6, 6.07) is 6.22. The van der Waals surface area contributed by atoms with Crippen molar-refractivity contribution in [2.24, 2.45) is 0 Å². The molecule has 2 aromatic rings. The lowest BCUT2D eigenvalue weighted by Gasteiger charge is -2.17. The molecule has 0 heterocycles. The fourth-order valence-electron chi connectivity index (χ4n) is 2.92. The van der Waals surface area contributed by atoms with Crippen LogP contribution >= 0.6 is 46.4 Å². The third-order valence-corrected chi connectivity index (χ3v) is 5.39. The van der Waals surface area contributed by atoms with Crippen molar-refractivity contribution in [1.82, 2.24) is 0 Å². The predicted molar refractivity (Wildman–Crippen MR) is 111 cm³/mol. The maximum absolute atomic E-state index is 12.8. The number of allylic oxidation sites excluding steroid dienone is 2. The lowest BCUT2D eigenvalue weighted by molar-refractivity contribution is -0.112. The topological polar surface area (TPSA) is 57.5 Å². The number of carbonyl (C=O) groups is 1. The Labute approximate surface area is 176 Å². The molecule has 0 spiro atoms. The molecule has 2 aromatic carbocycles. The first-order valence-corrected chi connectivity index (χ1v) is 9.59. The lowest BCUT2D eigenvalue weighted by atomic mass is 9.87. The fraction of sp³-hybridized carbons (Fsp3) is 0.150. The largest absolute Gasteiger partial charge is 0.505 e. The molecule has 7 heteroatoms. The smallest absolute Gasteiger partial charge is 0.185 e. The van der Waals surface area contributed by atoms with Gasteiger partial charge in [0.05, 0.1) is 20.1 Å². The van der Waals surface area contributed by atoms with E-state index < -0.39 is 0 Å². The average Bonchev–Trinajstić information content (AvgIpc) is 2.61. The molecular weight excluding hydrogens is 430 g/mol. The summed E-state index contributed by atoms with van der Waals surface area (Å²) in [6.07, 6.45) is 5.52. The van der Waals surface area contributed by atoms with Crippen LogP contribution in [0.4, 0.5) is 0 Å². The molecule has 1 aliphatic rings. The summed E-state index contributed by atoms with van der Waals surface area (Å²) < 4.78 is 0. The van der Waals surface area contributed by atoms with Gasteiger partial charge < -0.3 is 10.2 Å². The monoisotopic (exact) mass is 442 g/mol. The Morgan fingerprint density at radius 2 is 1.04 bits per heavy atom. The highest BCUT2D eigenvalue weighted by molar-refractivity contribution is 6.38. The summed E-state index contributed by atoms with van der Waals surface area (Å²) in [5, 5.41) is 19.8. The quantitative estimate of drug-likeness (QED) is 0.494. The van der Waals surface area contributed by atoms with Crippen molar-refractivity contribution in [2.45, 2.75) is 19.3 Å². The molecule has 0 bridgehead atoms. The number of halogens is 4. The average molecular weight is 444 g/mol. The normalized spacial score (nSPS) is 17.7. The van der Waals surface area contributed by atoms with Crippen LogP contribution in [0, 0.1) is 0 Å². The second kappa shape index (κ2) is 8.15. The number of benzene rings is 2. The van der Waals surface area contributed by atoms with E-state index >= 15 is 0 Å². The molecule has 0 unspecified atom stereocenters. The third kappa shape index (κ3) is 4.44. The van der Waals surface area contributed by atoms with E-state index in [2.05, 4.69) is 0 Å². The maximum Gasteiger partial charge on any atom is 0.185 e. The van der Waals surface area contributed by atoms with Gasteiger partial charge >= 0.3 is 0 Å². The molecule has 3 nitrogen and oxygen atoms in total. The van der Waals surface area contributed by atoms with Gasteiger partial charge in [-0.25, -0.2) is 0 Å². The van der Waals surface area contributed by atoms with E-state index in [1.54, 1.807) is 36.4 Å². The Hall–Kier alpha value is -1.65. The van der Waals surface area contributed by atoms with Crippen LogP contribution in [0.2, 0.25) is 20.1 Å². The van der Waals surface area contributed by atoms with Gasteiger partial charge in [0.15, 0.2) is 17.3 Å². The van der Waals surface area contributed by atoms with Gasteiger partial charge in [-0.1, -0.05) is 46.4 Å². The van der Waals surface area contributed by atoms with Crippen molar-refractivity contribution in [3.8, 4) is 11.5 Å². The van der Waals surface area contributed by atoms with Crippen LogP contribution in [-0.4, -0.2) is 16.0 Å². The van der Waals surface area contributed by atoms with E-state index in [1.165, 1.54) is 0 Å². The lowest BCUT2D eigenvalue weighted by Crippen LogP contribution is -2.12. The Morgan fingerprint density at radius 3 is 1.37 bits per heavy atom. The van der Waals surface area contributed by atoms with Gasteiger partial charge in [-0.2, -0.15) is 0 Å². The van der Waals surface area contributed by atoms with Gasteiger partial charge in [-0.05, 0) is 66.8 Å². The number of rotatable bonds is 2. The highest BCUT2D eigenvalue weighted by atomic mass is 35.5. The molecule has 140 valence electrons. The molecule has 0 saturated heterocycles. The molecule has 1 fully saturated rings. The molecule has 1 saturated carbocycles. The number of hydrogen-bond donors (Lipinski definition) is 2. The number of carbonyl (C=O) groups excluding carboxylic acids is 1. The van der Waals surface area contributed by atoms with Crippen molar-refractivity contribution in [1.29, 1.82) is 0 Å². The molecule has 0 aliphatic heterocycles. The van der Waals surface area contributed by atoms with E-state index in [-0.39, 0.29) is 37.4 Å². The van der Waals surface area contributed by atoms with Crippen molar-refractivity contribution < 1.29 is 15.0 Å². The molecule has 3 rings (SSSR count). The van der Waals surface area contributed by atoms with E-state index in [0.29, 0.717) is 35.1 Å². The van der Waals surface area contributed by atoms with Crippen molar-refractivity contribution in [3.63, 3.8) is 0 Å². The van der Waals surface area contributed by atoms with Crippen molar-refractivity contribution >= 4 is 64.3 Å². The zero-order valence-corrected chi connectivity index (χ0v) is 16.9. The summed E-state index contributed by atoms with van der Waals surface area (Å²) in [7, 11) is 0. The number of ketones is 1. The molecule has 1 aliphatic carbocycles. The fourth-order valence-corrected chi connectivity index (χ4v) is 3.93. The van der Waals surface area contributed by atoms with Gasteiger partial charge in [0.1, 0.15) is 0 Å². The van der Waals surface area contributed by atoms with E-state index in [1.807, 2.05) is 0 Å². The number of Topliss-reactive ketones (excluding diaryl/α,β-unsaturated/α-hetero) is 1. The number of phenols is 2. The minimum Gasteiger partial charge on any atom is -0.505 e. The van der Waals surface area contributed by atoms with Gasteiger partial charge in [0.25, 0.3) is 0 Å². The van der Waals surface area contributed by atoms with Crippen LogP contribution in [0.25, 0.3) is 12.2 Å². The standard InChI is InChI=1S/C20H14Cl4O3/c21-14-6-10(7-15(22)19(14)26)4-12-2-1-3-13(18(12)25)5-11-8-16(23)20(27)17(24)9-11/h4-9,26-27H,1-3H2/b12-4+,13-5+. The first-order valence-electron chi connectivity index (χ1n) is 8.08. The predicted octanol–water partition coefficient (Wildman–Crippen LogP) is 6.93. The van der Waals surface area contributed by atoms with Gasteiger partial charge in [0, 0.05) is 11.1 Å². The first kappa shape index (κ1) is 20.1. The van der Waals surface area contributed by atoms with Crippen LogP contribution in [0.3, 0.4) is 0 Å². The number of phenolic OH excluding ortho intramolecular Hbond substituents is 2. The Balaban J connectivity index is 1.94. The molecule has 2 N–H and O–H groups in total. The van der Waals surface area contributed by atoms with Crippen LogP contribution in [0.15, 0.2) is 35.4 Å². The highest BCUT2D eigenvalue weighted by Crippen LogP contribution is 2.36. The molecule has 0 atom stereocenters. The SMILES string of the molecule is O=C1/C(=C/c2cc(Cl)c(O)c(Cl)c2)CCC/C1=C\c1cc(Cl)c(O)c(Cl)c1. The summed E-state index contributed by atoms with van der Waals surface area (Å²) in [5.74, 6) is -0.448. The summed E-state index contributed by atoms with van der Waals surface area (Å²) in [5.41, 5.74) is 2.54. The molecule has 0 aromatic heterocycles. The second-order valence-electron chi connectivity index (χ2n) is 6.19. The molecule has 27 heavy (non-hydrogen) atoms. The van der Waals surface area contributed by atoms with E-state index in [0.717, 1.165) is 6.42 Å². The van der Waals surface area contributed by atoms with Gasteiger partial charge in [-0.3, -0.25) is 4.79 Å². The van der Waals surface area contributed by atoms with Crippen LogP contribution in [-0.2, 0) is 4.79 Å².